The lowest BCUT2D eigenvalue weighted by molar-refractivity contribution is -0.124. The molecule has 0 unspecified atom stereocenters. The lowest BCUT2D eigenvalue weighted by Gasteiger charge is -2.26. The zero-order chi connectivity index (χ0) is 29.5. The Labute approximate surface area is 249 Å². The third-order valence-electron chi connectivity index (χ3n) is 8.46. The summed E-state index contributed by atoms with van der Waals surface area (Å²) in [6, 6.07) is -0.799. The molecule has 0 spiro atoms. The first-order valence-electron chi connectivity index (χ1n) is 17.8. The van der Waals surface area contributed by atoms with Gasteiger partial charge in [0.25, 0.3) is 0 Å². The normalized spacial score (nSPS) is 13.8. The third kappa shape index (κ3) is 26.3. The summed E-state index contributed by atoms with van der Waals surface area (Å²) in [4.78, 5) is 12.3. The fourth-order valence-electron chi connectivity index (χ4n) is 5.63. The van der Waals surface area contributed by atoms with Crippen molar-refractivity contribution in [2.45, 2.75) is 212 Å². The van der Waals surface area contributed by atoms with Crippen LogP contribution in [0.15, 0.2) is 0 Å². The molecule has 0 aromatic carbocycles. The number of rotatable bonds is 32. The Morgan fingerprint density at radius 1 is 0.525 bits per heavy atom. The Hall–Kier alpha value is -0.650. The zero-order valence-electron chi connectivity index (χ0n) is 27.0. The number of carbonyl (C=O) groups is 1. The van der Waals surface area contributed by atoms with Gasteiger partial charge in [0.05, 0.1) is 18.8 Å². The monoisotopic (exact) mass is 570 g/mol. The Kier molecular flexibility index (Phi) is 30.8. The van der Waals surface area contributed by atoms with Gasteiger partial charge in [0.15, 0.2) is 0 Å². The lowest BCUT2D eigenvalue weighted by Crippen LogP contribution is -2.50. The van der Waals surface area contributed by atoms with Gasteiger partial charge in [-0.2, -0.15) is 0 Å². The highest BCUT2D eigenvalue weighted by Crippen LogP contribution is 2.16. The second-order valence-electron chi connectivity index (χ2n) is 12.4. The Balaban J connectivity index is 3.65. The van der Waals surface area contributed by atoms with E-state index in [0.29, 0.717) is 12.8 Å². The predicted octanol–water partition coefficient (Wildman–Crippen LogP) is 9.15. The molecular weight excluding hydrogens is 498 g/mol. The second-order valence-corrected chi connectivity index (χ2v) is 12.4. The summed E-state index contributed by atoms with van der Waals surface area (Å²) in [6.45, 7) is 4.15. The van der Waals surface area contributed by atoms with Crippen LogP contribution >= 0.6 is 0 Å². The summed E-state index contributed by atoms with van der Waals surface area (Å²) in [6.07, 6.45) is 31.9. The van der Waals surface area contributed by atoms with Crippen molar-refractivity contribution in [1.82, 2.24) is 5.32 Å². The molecule has 0 aromatic rings. The van der Waals surface area contributed by atoms with E-state index in [1.165, 1.54) is 128 Å². The number of amides is 1. The minimum atomic E-state index is -1.13. The molecule has 0 radical (unpaired) electrons. The van der Waals surface area contributed by atoms with Crippen molar-refractivity contribution in [3.63, 3.8) is 0 Å². The summed E-state index contributed by atoms with van der Waals surface area (Å²) in [7, 11) is 0. The van der Waals surface area contributed by atoms with E-state index in [9.17, 15) is 20.1 Å². The molecule has 0 saturated carbocycles. The van der Waals surface area contributed by atoms with Crippen molar-refractivity contribution >= 4 is 5.91 Å². The van der Waals surface area contributed by atoms with Crippen LogP contribution in [0.25, 0.3) is 0 Å². The molecule has 3 atom stereocenters. The van der Waals surface area contributed by atoms with Crippen LogP contribution in [0, 0.1) is 0 Å². The second kappa shape index (κ2) is 31.3. The molecule has 5 nitrogen and oxygen atoms in total. The van der Waals surface area contributed by atoms with Gasteiger partial charge in [-0.05, 0) is 12.8 Å². The van der Waals surface area contributed by atoms with E-state index in [-0.39, 0.29) is 12.5 Å². The number of carbonyl (C=O) groups excluding carboxylic acids is 1. The van der Waals surface area contributed by atoms with E-state index in [1.54, 1.807) is 0 Å². The van der Waals surface area contributed by atoms with Crippen LogP contribution in [0.5, 0.6) is 0 Å². The molecular formula is C35H71NO4. The molecule has 40 heavy (non-hydrogen) atoms. The van der Waals surface area contributed by atoms with E-state index in [0.717, 1.165) is 38.5 Å². The van der Waals surface area contributed by atoms with Gasteiger partial charge in [-0.15, -0.1) is 0 Å². The molecule has 0 fully saturated rings. The van der Waals surface area contributed by atoms with Crippen molar-refractivity contribution in [2.75, 3.05) is 6.61 Å². The van der Waals surface area contributed by atoms with Crippen LogP contribution in [-0.4, -0.2) is 46.1 Å². The predicted molar refractivity (Wildman–Crippen MR) is 172 cm³/mol. The summed E-state index contributed by atoms with van der Waals surface area (Å²) in [5, 5.41) is 33.2. The molecule has 0 aliphatic carbocycles. The molecule has 240 valence electrons. The van der Waals surface area contributed by atoms with Crippen LogP contribution in [0.2, 0.25) is 0 Å². The maximum atomic E-state index is 12.3. The van der Waals surface area contributed by atoms with Gasteiger partial charge >= 0.3 is 0 Å². The van der Waals surface area contributed by atoms with Crippen LogP contribution in [0.4, 0.5) is 0 Å². The average molecular weight is 570 g/mol. The van der Waals surface area contributed by atoms with Gasteiger partial charge in [0, 0.05) is 6.42 Å². The van der Waals surface area contributed by atoms with Gasteiger partial charge in [0.2, 0.25) is 5.91 Å². The van der Waals surface area contributed by atoms with Crippen molar-refractivity contribution < 1.29 is 20.1 Å². The standard InChI is InChI=1S/C35H71NO4/c1-3-5-7-9-11-13-15-16-17-18-19-20-22-24-26-28-30-34(39)36-32(31-37)35(40)33(38)29-27-25-23-21-14-12-10-8-6-4-2/h32-33,35,37-38,40H,3-31H2,1-2H3,(H,36,39)/t32-,33+,35-/m0/s1. The average Bonchev–Trinajstić information content (AvgIpc) is 2.96. The first-order chi connectivity index (χ1) is 19.6. The fraction of sp³-hybridized carbons (Fsp3) is 0.971. The largest absolute Gasteiger partial charge is 0.394 e. The van der Waals surface area contributed by atoms with Crippen molar-refractivity contribution in [2.24, 2.45) is 0 Å². The summed E-state index contributed by atoms with van der Waals surface area (Å²) in [5.41, 5.74) is 0. The van der Waals surface area contributed by atoms with E-state index in [1.807, 2.05) is 0 Å². The molecule has 0 aliphatic rings. The maximum Gasteiger partial charge on any atom is 0.220 e. The quantitative estimate of drug-likeness (QED) is 0.0608. The molecule has 0 heterocycles. The number of unbranched alkanes of at least 4 members (excludes halogenated alkanes) is 24. The van der Waals surface area contributed by atoms with Crippen molar-refractivity contribution in [3.8, 4) is 0 Å². The number of nitrogens with one attached hydrogen (secondary N) is 1. The molecule has 0 saturated heterocycles. The number of aliphatic hydroxyl groups excluding tert-OH is 3. The first-order valence-corrected chi connectivity index (χ1v) is 17.8. The van der Waals surface area contributed by atoms with Crippen LogP contribution in [0.1, 0.15) is 194 Å². The smallest absolute Gasteiger partial charge is 0.220 e. The molecule has 0 rings (SSSR count). The highest BCUT2D eigenvalue weighted by molar-refractivity contribution is 5.76. The van der Waals surface area contributed by atoms with Crippen LogP contribution < -0.4 is 5.32 Å². The SMILES string of the molecule is CCCCCCCCCCCCCCCCCCC(=O)N[C@@H](CO)[C@H](O)[C@H](O)CCCCCCCCCCCC. The van der Waals surface area contributed by atoms with Crippen molar-refractivity contribution in [1.29, 1.82) is 0 Å². The van der Waals surface area contributed by atoms with Crippen LogP contribution in [-0.2, 0) is 4.79 Å². The molecule has 1 amide bonds. The first kappa shape index (κ1) is 39.4. The number of aliphatic hydroxyl groups is 3. The minimum Gasteiger partial charge on any atom is -0.394 e. The van der Waals surface area contributed by atoms with E-state index < -0.39 is 18.2 Å². The maximum absolute atomic E-state index is 12.3. The van der Waals surface area contributed by atoms with E-state index >= 15 is 0 Å². The van der Waals surface area contributed by atoms with Gasteiger partial charge in [-0.3, -0.25) is 4.79 Å². The van der Waals surface area contributed by atoms with Gasteiger partial charge in [0.1, 0.15) is 6.10 Å². The molecule has 5 heteroatoms. The van der Waals surface area contributed by atoms with Crippen LogP contribution in [0.3, 0.4) is 0 Å². The molecule has 0 bridgehead atoms. The van der Waals surface area contributed by atoms with Gasteiger partial charge in [-0.25, -0.2) is 0 Å². The molecule has 0 aromatic heterocycles. The van der Waals surface area contributed by atoms with Crippen molar-refractivity contribution in [3.05, 3.63) is 0 Å². The highest BCUT2D eigenvalue weighted by Gasteiger charge is 2.26. The third-order valence-corrected chi connectivity index (χ3v) is 8.46. The summed E-state index contributed by atoms with van der Waals surface area (Å²) in [5.74, 6) is -0.144. The van der Waals surface area contributed by atoms with Gasteiger partial charge in [-0.1, -0.05) is 174 Å². The van der Waals surface area contributed by atoms with Gasteiger partial charge < -0.3 is 20.6 Å². The number of hydrogen-bond donors (Lipinski definition) is 4. The molecule has 0 aliphatic heterocycles. The summed E-state index contributed by atoms with van der Waals surface area (Å²) >= 11 is 0. The summed E-state index contributed by atoms with van der Waals surface area (Å²) < 4.78 is 0. The van der Waals surface area contributed by atoms with E-state index in [4.69, 9.17) is 0 Å². The highest BCUT2D eigenvalue weighted by atomic mass is 16.3. The topological polar surface area (TPSA) is 89.8 Å². The fourth-order valence-corrected chi connectivity index (χ4v) is 5.63. The van der Waals surface area contributed by atoms with E-state index in [2.05, 4.69) is 19.2 Å². The Morgan fingerprint density at radius 2 is 0.850 bits per heavy atom. The minimum absolute atomic E-state index is 0.144. The Morgan fingerprint density at radius 3 is 1.20 bits per heavy atom. The Bertz CT molecular complexity index is 516. The molecule has 4 N–H and O–H groups in total. The number of hydrogen-bond acceptors (Lipinski definition) is 4. The lowest BCUT2D eigenvalue weighted by atomic mass is 9.99. The zero-order valence-corrected chi connectivity index (χ0v) is 27.0.